The highest BCUT2D eigenvalue weighted by molar-refractivity contribution is 5.88. The zero-order valence-electron chi connectivity index (χ0n) is 10.6. The predicted molar refractivity (Wildman–Crippen MR) is 70.7 cm³/mol. The van der Waals surface area contributed by atoms with Crippen molar-refractivity contribution in [2.75, 3.05) is 32.7 Å². The second-order valence-electron chi connectivity index (χ2n) is 3.93. The van der Waals surface area contributed by atoms with Gasteiger partial charge in [-0.2, -0.15) is 0 Å². The third kappa shape index (κ3) is 2.94. The lowest BCUT2D eigenvalue weighted by atomic mass is 10.2. The van der Waals surface area contributed by atoms with Crippen molar-refractivity contribution in [3.63, 3.8) is 0 Å². The molecule has 1 aromatic heterocycles. The maximum Gasteiger partial charge on any atom is 0.137 e. The number of nitrogens with zero attached hydrogens (tertiary/aromatic N) is 2. The van der Waals surface area contributed by atoms with Gasteiger partial charge in [0.25, 0.3) is 0 Å². The summed E-state index contributed by atoms with van der Waals surface area (Å²) in [5, 5.41) is 4.27. The molecule has 5 heteroatoms. The van der Waals surface area contributed by atoms with E-state index in [2.05, 4.69) is 15.3 Å². The number of ether oxygens (including phenoxy) is 2. The Balaban J connectivity index is 2.11. The molecule has 18 heavy (non-hydrogen) atoms. The lowest BCUT2D eigenvalue weighted by Gasteiger charge is -2.16. The predicted octanol–water partition coefficient (Wildman–Crippen LogP) is 1.70. The summed E-state index contributed by atoms with van der Waals surface area (Å²) in [6.07, 6.45) is 1.56. The summed E-state index contributed by atoms with van der Waals surface area (Å²) in [5.41, 5.74) is 0.927. The number of para-hydroxylation sites is 1. The summed E-state index contributed by atoms with van der Waals surface area (Å²) in [5.74, 6) is 0.818. The second-order valence-corrected chi connectivity index (χ2v) is 3.93. The molecule has 5 nitrogen and oxygen atoms in total. The van der Waals surface area contributed by atoms with E-state index in [-0.39, 0.29) is 6.10 Å². The molecule has 0 fully saturated rings. The van der Waals surface area contributed by atoms with E-state index in [1.54, 1.807) is 20.5 Å². The van der Waals surface area contributed by atoms with Crippen molar-refractivity contribution in [2.24, 2.45) is 0 Å². The molecular weight excluding hydrogens is 230 g/mol. The van der Waals surface area contributed by atoms with E-state index in [0.717, 1.165) is 16.7 Å². The molecule has 0 aliphatic rings. The molecule has 0 bridgehead atoms. The minimum Gasteiger partial charge on any atom is -0.382 e. The van der Waals surface area contributed by atoms with Crippen LogP contribution in [0, 0.1) is 0 Å². The third-order valence-electron chi connectivity index (χ3n) is 2.73. The van der Waals surface area contributed by atoms with E-state index >= 15 is 0 Å². The van der Waals surface area contributed by atoms with Crippen LogP contribution in [0.1, 0.15) is 0 Å². The molecule has 0 aliphatic heterocycles. The number of rotatable bonds is 6. The van der Waals surface area contributed by atoms with Crippen LogP contribution in [0.25, 0.3) is 10.9 Å². The maximum atomic E-state index is 5.29. The Morgan fingerprint density at radius 3 is 2.83 bits per heavy atom. The normalized spacial score (nSPS) is 12.6. The molecule has 96 valence electrons. The van der Waals surface area contributed by atoms with Gasteiger partial charge in [-0.05, 0) is 12.1 Å². The number of aromatic nitrogens is 2. The average Bonchev–Trinajstić information content (AvgIpc) is 2.43. The number of methoxy groups -OCH3 is 2. The van der Waals surface area contributed by atoms with Crippen molar-refractivity contribution in [3.05, 3.63) is 30.6 Å². The quantitative estimate of drug-likeness (QED) is 0.842. The summed E-state index contributed by atoms with van der Waals surface area (Å²) in [6.45, 7) is 1.19. The Bertz CT molecular complexity index is 499. The molecule has 0 saturated heterocycles. The van der Waals surface area contributed by atoms with Crippen LogP contribution in [-0.2, 0) is 9.47 Å². The minimum absolute atomic E-state index is 0.00345. The van der Waals surface area contributed by atoms with Crippen LogP contribution in [0.4, 0.5) is 5.82 Å². The van der Waals surface area contributed by atoms with Crippen LogP contribution >= 0.6 is 0 Å². The molecule has 0 amide bonds. The van der Waals surface area contributed by atoms with Crippen molar-refractivity contribution in [3.8, 4) is 0 Å². The number of hydrogen-bond acceptors (Lipinski definition) is 5. The Labute approximate surface area is 106 Å². The number of hydrogen-bond donors (Lipinski definition) is 1. The number of benzene rings is 1. The fraction of sp³-hybridized carbons (Fsp3) is 0.385. The highest BCUT2D eigenvalue weighted by atomic mass is 16.5. The third-order valence-corrected chi connectivity index (χ3v) is 2.73. The van der Waals surface area contributed by atoms with Gasteiger partial charge in [0.15, 0.2) is 0 Å². The first-order valence-electron chi connectivity index (χ1n) is 5.80. The molecule has 2 rings (SSSR count). The molecule has 2 aromatic rings. The Kier molecular flexibility index (Phi) is 4.44. The SMILES string of the molecule is COCC(CNc1ncnc2ccccc12)OC. The highest BCUT2D eigenvalue weighted by Gasteiger charge is 2.08. The first-order valence-corrected chi connectivity index (χ1v) is 5.80. The molecule has 0 spiro atoms. The lowest BCUT2D eigenvalue weighted by Crippen LogP contribution is -2.26. The van der Waals surface area contributed by atoms with Crippen molar-refractivity contribution in [1.29, 1.82) is 0 Å². The molecule has 0 radical (unpaired) electrons. The van der Waals surface area contributed by atoms with E-state index in [1.165, 1.54) is 0 Å². The standard InChI is InChI=1S/C13H17N3O2/c1-17-8-10(18-2)7-14-13-11-5-3-4-6-12(11)15-9-16-13/h3-6,9-10H,7-8H2,1-2H3,(H,14,15,16). The summed E-state index contributed by atoms with van der Waals surface area (Å²) < 4.78 is 10.4. The van der Waals surface area contributed by atoms with Crippen LogP contribution in [0.3, 0.4) is 0 Å². The topological polar surface area (TPSA) is 56.3 Å². The van der Waals surface area contributed by atoms with Crippen molar-refractivity contribution >= 4 is 16.7 Å². The fourth-order valence-electron chi connectivity index (χ4n) is 1.75. The summed E-state index contributed by atoms with van der Waals surface area (Å²) >= 11 is 0. The van der Waals surface area contributed by atoms with Gasteiger partial charge in [-0.15, -0.1) is 0 Å². The van der Waals surface area contributed by atoms with Crippen LogP contribution in [-0.4, -0.2) is 43.4 Å². The van der Waals surface area contributed by atoms with Gasteiger partial charge in [-0.25, -0.2) is 9.97 Å². The van der Waals surface area contributed by atoms with Gasteiger partial charge in [-0.3, -0.25) is 0 Å². The van der Waals surface area contributed by atoms with E-state index in [1.807, 2.05) is 24.3 Å². The van der Waals surface area contributed by atoms with Gasteiger partial charge in [0, 0.05) is 26.2 Å². The van der Waals surface area contributed by atoms with E-state index < -0.39 is 0 Å². The second kappa shape index (κ2) is 6.28. The lowest BCUT2D eigenvalue weighted by molar-refractivity contribution is 0.0365. The molecule has 1 N–H and O–H groups in total. The Hall–Kier alpha value is -1.72. The van der Waals surface area contributed by atoms with Crippen LogP contribution in [0.5, 0.6) is 0 Å². The maximum absolute atomic E-state index is 5.29. The van der Waals surface area contributed by atoms with Crippen molar-refractivity contribution in [1.82, 2.24) is 9.97 Å². The monoisotopic (exact) mass is 247 g/mol. The largest absolute Gasteiger partial charge is 0.382 e. The van der Waals surface area contributed by atoms with E-state index in [4.69, 9.17) is 9.47 Å². The van der Waals surface area contributed by atoms with Crippen LogP contribution in [0.2, 0.25) is 0 Å². The summed E-state index contributed by atoms with van der Waals surface area (Å²) in [4.78, 5) is 8.47. The number of nitrogens with one attached hydrogen (secondary N) is 1. The number of anilines is 1. The first-order chi connectivity index (χ1) is 8.85. The van der Waals surface area contributed by atoms with Gasteiger partial charge < -0.3 is 14.8 Å². The van der Waals surface area contributed by atoms with E-state index in [9.17, 15) is 0 Å². The highest BCUT2D eigenvalue weighted by Crippen LogP contribution is 2.18. The van der Waals surface area contributed by atoms with Gasteiger partial charge in [0.2, 0.25) is 0 Å². The van der Waals surface area contributed by atoms with Crippen molar-refractivity contribution in [2.45, 2.75) is 6.10 Å². The van der Waals surface area contributed by atoms with Crippen LogP contribution < -0.4 is 5.32 Å². The molecule has 1 heterocycles. The minimum atomic E-state index is 0.00345. The zero-order valence-corrected chi connectivity index (χ0v) is 10.6. The molecular formula is C13H17N3O2. The number of fused-ring (bicyclic) bond motifs is 1. The van der Waals surface area contributed by atoms with E-state index in [0.29, 0.717) is 13.2 Å². The Morgan fingerprint density at radius 2 is 2.06 bits per heavy atom. The molecule has 1 unspecified atom stereocenters. The Morgan fingerprint density at radius 1 is 1.22 bits per heavy atom. The van der Waals surface area contributed by atoms with Gasteiger partial charge in [0.1, 0.15) is 12.1 Å². The fourth-order valence-corrected chi connectivity index (χ4v) is 1.75. The van der Waals surface area contributed by atoms with Gasteiger partial charge in [-0.1, -0.05) is 12.1 Å². The van der Waals surface area contributed by atoms with Crippen LogP contribution in [0.15, 0.2) is 30.6 Å². The summed E-state index contributed by atoms with van der Waals surface area (Å²) in [6, 6.07) is 7.89. The molecule has 0 aliphatic carbocycles. The summed E-state index contributed by atoms with van der Waals surface area (Å²) in [7, 11) is 3.33. The molecule has 0 saturated carbocycles. The smallest absolute Gasteiger partial charge is 0.137 e. The molecule has 1 atom stereocenters. The van der Waals surface area contributed by atoms with Gasteiger partial charge in [0.05, 0.1) is 18.2 Å². The van der Waals surface area contributed by atoms with Crippen molar-refractivity contribution < 1.29 is 9.47 Å². The first kappa shape index (κ1) is 12.7. The zero-order chi connectivity index (χ0) is 12.8. The molecule has 1 aromatic carbocycles. The average molecular weight is 247 g/mol. The van der Waals surface area contributed by atoms with Gasteiger partial charge >= 0.3 is 0 Å².